The molecule has 5 nitrogen and oxygen atoms in total. The minimum atomic E-state index is -1.03. The van der Waals surface area contributed by atoms with Gasteiger partial charge in [-0.15, -0.1) is 11.3 Å². The highest BCUT2D eigenvalue weighted by molar-refractivity contribution is 7.14. The Labute approximate surface area is 182 Å². The predicted molar refractivity (Wildman–Crippen MR) is 117 cm³/mol. The molecular formula is C21H18Cl2N2O3S. The highest BCUT2D eigenvalue weighted by atomic mass is 35.5. The van der Waals surface area contributed by atoms with Gasteiger partial charge in [0.2, 0.25) is 5.91 Å². The summed E-state index contributed by atoms with van der Waals surface area (Å²) in [5.74, 6) is -2.05. The summed E-state index contributed by atoms with van der Waals surface area (Å²) in [4.78, 5) is 30.3. The predicted octanol–water partition coefficient (Wildman–Crippen LogP) is 5.41. The zero-order valence-corrected chi connectivity index (χ0v) is 17.8. The van der Waals surface area contributed by atoms with Crippen molar-refractivity contribution < 1.29 is 14.7 Å². The summed E-state index contributed by atoms with van der Waals surface area (Å²) in [6.45, 7) is 0. The Morgan fingerprint density at radius 1 is 1.14 bits per heavy atom. The fraction of sp³-hybridized carbons (Fsp3) is 0.190. The Morgan fingerprint density at radius 2 is 1.83 bits per heavy atom. The number of carboxylic acids is 1. The molecule has 0 aliphatic heterocycles. The topological polar surface area (TPSA) is 70.5 Å². The van der Waals surface area contributed by atoms with Crippen molar-refractivity contribution in [2.24, 2.45) is 5.92 Å². The Kier molecular flexibility index (Phi) is 6.90. The van der Waals surface area contributed by atoms with Gasteiger partial charge in [0, 0.05) is 28.0 Å². The van der Waals surface area contributed by atoms with Gasteiger partial charge in [-0.05, 0) is 30.2 Å². The SMILES string of the molecule is CN(C(=O)[C@@H](CC(=O)O)Cc1ccc(Cl)cc1)c1nc(-c2ccccc2Cl)cs1. The molecule has 0 bridgehead atoms. The van der Waals surface area contributed by atoms with Crippen LogP contribution < -0.4 is 4.90 Å². The number of halogens is 2. The number of aromatic nitrogens is 1. The molecule has 1 heterocycles. The van der Waals surface area contributed by atoms with E-state index in [1.54, 1.807) is 37.4 Å². The van der Waals surface area contributed by atoms with Crippen LogP contribution in [0.2, 0.25) is 10.0 Å². The maximum atomic E-state index is 13.0. The third-order valence-corrected chi connectivity index (χ3v) is 5.92. The van der Waals surface area contributed by atoms with E-state index in [-0.39, 0.29) is 12.3 Å². The highest BCUT2D eigenvalue weighted by Gasteiger charge is 2.27. The first kappa shape index (κ1) is 21.3. The van der Waals surface area contributed by atoms with Crippen LogP contribution in [0.3, 0.4) is 0 Å². The van der Waals surface area contributed by atoms with Gasteiger partial charge in [-0.1, -0.05) is 53.5 Å². The number of carboxylic acid groups (broad SMARTS) is 1. The summed E-state index contributed by atoms with van der Waals surface area (Å²) in [5.41, 5.74) is 2.29. The van der Waals surface area contributed by atoms with Crippen molar-refractivity contribution in [1.82, 2.24) is 4.98 Å². The van der Waals surface area contributed by atoms with Gasteiger partial charge in [-0.2, -0.15) is 0 Å². The van der Waals surface area contributed by atoms with Gasteiger partial charge >= 0.3 is 5.97 Å². The van der Waals surface area contributed by atoms with Gasteiger partial charge < -0.3 is 5.11 Å². The lowest BCUT2D eigenvalue weighted by molar-refractivity contribution is -0.140. The third-order valence-electron chi connectivity index (χ3n) is 4.43. The van der Waals surface area contributed by atoms with Crippen molar-refractivity contribution in [2.45, 2.75) is 12.8 Å². The molecule has 1 N–H and O–H groups in total. The number of thiazole rings is 1. The first-order chi connectivity index (χ1) is 13.8. The molecule has 0 radical (unpaired) electrons. The van der Waals surface area contributed by atoms with Crippen LogP contribution in [0.15, 0.2) is 53.9 Å². The Balaban J connectivity index is 1.81. The van der Waals surface area contributed by atoms with E-state index >= 15 is 0 Å². The van der Waals surface area contributed by atoms with E-state index in [9.17, 15) is 14.7 Å². The molecule has 2 aromatic carbocycles. The van der Waals surface area contributed by atoms with E-state index in [0.717, 1.165) is 11.1 Å². The molecule has 1 amide bonds. The summed E-state index contributed by atoms with van der Waals surface area (Å²) >= 11 is 13.4. The molecule has 0 fully saturated rings. The lowest BCUT2D eigenvalue weighted by Gasteiger charge is -2.21. The number of carbonyl (C=O) groups is 2. The smallest absolute Gasteiger partial charge is 0.304 e. The van der Waals surface area contributed by atoms with E-state index < -0.39 is 11.9 Å². The number of anilines is 1. The second kappa shape index (κ2) is 9.39. The van der Waals surface area contributed by atoms with Crippen molar-refractivity contribution in [3.63, 3.8) is 0 Å². The third kappa shape index (κ3) is 5.35. The van der Waals surface area contributed by atoms with Crippen LogP contribution in [0.5, 0.6) is 0 Å². The van der Waals surface area contributed by atoms with Crippen LogP contribution in [0.25, 0.3) is 11.3 Å². The average Bonchev–Trinajstić information content (AvgIpc) is 3.18. The summed E-state index contributed by atoms with van der Waals surface area (Å²) in [6.07, 6.45) is 0.0317. The number of amides is 1. The second-order valence-electron chi connectivity index (χ2n) is 6.52. The molecular weight excluding hydrogens is 431 g/mol. The fourth-order valence-corrected chi connectivity index (χ4v) is 4.10. The van der Waals surface area contributed by atoms with Crippen LogP contribution in [0.4, 0.5) is 5.13 Å². The number of nitrogens with zero attached hydrogens (tertiary/aromatic N) is 2. The largest absolute Gasteiger partial charge is 0.481 e. The average molecular weight is 449 g/mol. The van der Waals surface area contributed by atoms with E-state index in [0.29, 0.717) is 27.3 Å². The first-order valence-corrected chi connectivity index (χ1v) is 10.4. The summed E-state index contributed by atoms with van der Waals surface area (Å²) in [7, 11) is 1.61. The molecule has 0 saturated carbocycles. The van der Waals surface area contributed by atoms with Crippen molar-refractivity contribution >= 4 is 51.5 Å². The first-order valence-electron chi connectivity index (χ1n) is 8.79. The van der Waals surface area contributed by atoms with E-state index in [1.807, 2.05) is 23.6 Å². The minimum absolute atomic E-state index is 0.269. The maximum Gasteiger partial charge on any atom is 0.304 e. The van der Waals surface area contributed by atoms with E-state index in [4.69, 9.17) is 23.2 Å². The number of hydrogen-bond acceptors (Lipinski definition) is 4. The number of hydrogen-bond donors (Lipinski definition) is 1. The molecule has 150 valence electrons. The minimum Gasteiger partial charge on any atom is -0.481 e. The quantitative estimate of drug-likeness (QED) is 0.524. The number of aliphatic carboxylic acids is 1. The molecule has 3 aromatic rings. The van der Waals surface area contributed by atoms with Gasteiger partial charge in [-0.3, -0.25) is 14.5 Å². The number of benzene rings is 2. The maximum absolute atomic E-state index is 13.0. The fourth-order valence-electron chi connectivity index (χ4n) is 2.94. The lowest BCUT2D eigenvalue weighted by atomic mass is 9.95. The molecule has 3 rings (SSSR count). The van der Waals surface area contributed by atoms with Crippen LogP contribution in [0.1, 0.15) is 12.0 Å². The molecule has 0 spiro atoms. The second-order valence-corrected chi connectivity index (χ2v) is 8.20. The molecule has 8 heteroatoms. The Hall–Kier alpha value is -2.41. The zero-order valence-electron chi connectivity index (χ0n) is 15.5. The van der Waals surface area contributed by atoms with Gasteiger partial charge in [0.15, 0.2) is 5.13 Å². The molecule has 0 aliphatic carbocycles. The molecule has 0 aliphatic rings. The van der Waals surface area contributed by atoms with Crippen LogP contribution >= 0.6 is 34.5 Å². The van der Waals surface area contributed by atoms with Crippen LogP contribution in [-0.4, -0.2) is 29.0 Å². The van der Waals surface area contributed by atoms with Crippen LogP contribution in [-0.2, 0) is 16.0 Å². The molecule has 1 aromatic heterocycles. The molecule has 1 atom stereocenters. The Morgan fingerprint density at radius 3 is 2.48 bits per heavy atom. The normalized spacial score (nSPS) is 11.8. The standard InChI is InChI=1S/C21H18Cl2N2O3S/c1-25(21-24-18(12-29-21)16-4-2-3-5-17(16)23)20(28)14(11-19(26)27)10-13-6-8-15(22)9-7-13/h2-9,12,14H,10-11H2,1H3,(H,26,27)/t14-/m1/s1. The Bertz CT molecular complexity index is 1020. The lowest BCUT2D eigenvalue weighted by Crippen LogP contribution is -2.35. The van der Waals surface area contributed by atoms with Gasteiger partial charge in [0.25, 0.3) is 0 Å². The molecule has 29 heavy (non-hydrogen) atoms. The summed E-state index contributed by atoms with van der Waals surface area (Å²) in [5, 5.41) is 12.7. The molecule has 0 unspecified atom stereocenters. The van der Waals surface area contributed by atoms with Crippen molar-refractivity contribution in [3.8, 4) is 11.3 Å². The monoisotopic (exact) mass is 448 g/mol. The van der Waals surface area contributed by atoms with Crippen molar-refractivity contribution in [2.75, 3.05) is 11.9 Å². The van der Waals surface area contributed by atoms with Gasteiger partial charge in [0.05, 0.1) is 18.0 Å². The zero-order chi connectivity index (χ0) is 21.0. The van der Waals surface area contributed by atoms with E-state index in [1.165, 1.54) is 16.2 Å². The number of carbonyl (C=O) groups excluding carboxylic acids is 1. The van der Waals surface area contributed by atoms with Crippen molar-refractivity contribution in [3.05, 3.63) is 69.5 Å². The number of rotatable bonds is 7. The van der Waals surface area contributed by atoms with Crippen molar-refractivity contribution in [1.29, 1.82) is 0 Å². The van der Waals surface area contributed by atoms with Gasteiger partial charge in [-0.25, -0.2) is 4.98 Å². The summed E-state index contributed by atoms with van der Waals surface area (Å²) < 4.78 is 0. The molecule has 0 saturated heterocycles. The van der Waals surface area contributed by atoms with Gasteiger partial charge in [0.1, 0.15) is 0 Å². The highest BCUT2D eigenvalue weighted by Crippen LogP contribution is 2.32. The summed E-state index contributed by atoms with van der Waals surface area (Å²) in [6, 6.07) is 14.4. The van der Waals surface area contributed by atoms with Crippen LogP contribution in [0, 0.1) is 5.92 Å². The van der Waals surface area contributed by atoms with E-state index in [2.05, 4.69) is 4.98 Å².